The number of rotatable bonds is 7. The lowest BCUT2D eigenvalue weighted by atomic mass is 9.79. The molecule has 30 heavy (non-hydrogen) atoms. The Hall–Kier alpha value is -2.64. The van der Waals surface area contributed by atoms with E-state index in [9.17, 15) is 19.6 Å². The van der Waals surface area contributed by atoms with Gasteiger partial charge in [-0.25, -0.2) is 0 Å². The van der Waals surface area contributed by atoms with Crippen LogP contribution in [0.2, 0.25) is 0 Å². The van der Waals surface area contributed by atoms with E-state index in [2.05, 4.69) is 5.32 Å². The fourth-order valence-electron chi connectivity index (χ4n) is 4.07. The maximum Gasteiger partial charge on any atom is 0.488 e. The molecule has 3 rings (SSSR count). The molecule has 1 aliphatic rings. The lowest BCUT2D eigenvalue weighted by Gasteiger charge is -2.33. The first kappa shape index (κ1) is 22.1. The minimum atomic E-state index is -1.59. The van der Waals surface area contributed by atoms with Crippen molar-refractivity contribution < 1.29 is 19.6 Å². The van der Waals surface area contributed by atoms with Crippen LogP contribution in [0.1, 0.15) is 56.2 Å². The summed E-state index contributed by atoms with van der Waals surface area (Å²) in [6.45, 7) is 1.64. The van der Waals surface area contributed by atoms with Crippen LogP contribution >= 0.6 is 0 Å². The van der Waals surface area contributed by atoms with Gasteiger partial charge in [-0.3, -0.25) is 9.59 Å². The Morgan fingerprint density at radius 3 is 2.40 bits per heavy atom. The van der Waals surface area contributed by atoms with Crippen LogP contribution in [0, 0.1) is 0 Å². The van der Waals surface area contributed by atoms with E-state index in [4.69, 9.17) is 0 Å². The summed E-state index contributed by atoms with van der Waals surface area (Å²) in [7, 11) is -1.59. The summed E-state index contributed by atoms with van der Waals surface area (Å²) in [6.07, 6.45) is 5.33. The molecule has 6 nitrogen and oxygen atoms in total. The summed E-state index contributed by atoms with van der Waals surface area (Å²) in [5, 5.41) is 22.1. The minimum Gasteiger partial charge on any atom is -0.423 e. The van der Waals surface area contributed by atoms with Crippen molar-refractivity contribution in [1.82, 2.24) is 10.2 Å². The van der Waals surface area contributed by atoms with Crippen LogP contribution < -0.4 is 10.8 Å². The summed E-state index contributed by atoms with van der Waals surface area (Å²) < 4.78 is 0. The molecule has 158 valence electrons. The highest BCUT2D eigenvalue weighted by Gasteiger charge is 2.31. The molecule has 0 heterocycles. The number of carbonyl (C=O) groups excluding carboxylic acids is 2. The molecule has 1 saturated carbocycles. The van der Waals surface area contributed by atoms with E-state index in [-0.39, 0.29) is 24.4 Å². The molecule has 2 aromatic rings. The molecular formula is C23H29BN2O4. The van der Waals surface area contributed by atoms with Gasteiger partial charge in [-0.05, 0) is 29.4 Å². The Morgan fingerprint density at radius 1 is 1.07 bits per heavy atom. The Morgan fingerprint density at radius 2 is 1.77 bits per heavy atom. The van der Waals surface area contributed by atoms with E-state index in [1.807, 2.05) is 36.4 Å². The van der Waals surface area contributed by atoms with Gasteiger partial charge in [0.25, 0.3) is 0 Å². The second-order valence-electron chi connectivity index (χ2n) is 7.92. The van der Waals surface area contributed by atoms with Gasteiger partial charge in [0.15, 0.2) is 0 Å². The fraction of sp³-hybridized carbons (Fsp3) is 0.391. The summed E-state index contributed by atoms with van der Waals surface area (Å²) in [6, 6.07) is 15.5. The SMILES string of the molecule is CC(=O)N(Cc1cccc(B(O)O)c1)C(C(=O)NC1CCCCC1)c1ccccc1. The molecule has 1 unspecified atom stereocenters. The molecule has 2 aromatic carbocycles. The van der Waals surface area contributed by atoms with Gasteiger partial charge in [-0.15, -0.1) is 0 Å². The average molecular weight is 408 g/mol. The third-order valence-electron chi connectivity index (χ3n) is 5.63. The van der Waals surface area contributed by atoms with Gasteiger partial charge in [0.05, 0.1) is 0 Å². The van der Waals surface area contributed by atoms with Crippen LogP contribution in [0.15, 0.2) is 54.6 Å². The second kappa shape index (κ2) is 10.4. The molecule has 0 spiro atoms. The number of hydrogen-bond donors (Lipinski definition) is 3. The number of nitrogens with zero attached hydrogens (tertiary/aromatic N) is 1. The number of amides is 2. The highest BCUT2D eigenvalue weighted by molar-refractivity contribution is 6.58. The zero-order valence-electron chi connectivity index (χ0n) is 17.3. The van der Waals surface area contributed by atoms with Gasteiger partial charge in [-0.1, -0.05) is 73.9 Å². The van der Waals surface area contributed by atoms with Crippen LogP contribution in [-0.4, -0.2) is 39.9 Å². The van der Waals surface area contributed by atoms with Crippen LogP contribution in [0.25, 0.3) is 0 Å². The summed E-state index contributed by atoms with van der Waals surface area (Å²) in [4.78, 5) is 27.5. The van der Waals surface area contributed by atoms with Gasteiger partial charge in [0, 0.05) is 19.5 Å². The first-order chi connectivity index (χ1) is 14.5. The maximum absolute atomic E-state index is 13.3. The largest absolute Gasteiger partial charge is 0.488 e. The third kappa shape index (κ3) is 5.71. The molecule has 3 N–H and O–H groups in total. The molecule has 1 fully saturated rings. The standard InChI is InChI=1S/C23H29BN2O4/c1-17(27)26(16-18-9-8-12-20(15-18)24(29)30)22(19-10-4-2-5-11-19)23(28)25-21-13-6-3-7-14-21/h2,4-5,8-12,15,21-22,29-30H,3,6-7,13-14,16H2,1H3,(H,25,28). The van der Waals surface area contributed by atoms with Crippen LogP contribution in [-0.2, 0) is 16.1 Å². The van der Waals surface area contributed by atoms with Gasteiger partial charge < -0.3 is 20.3 Å². The molecule has 2 amide bonds. The van der Waals surface area contributed by atoms with Gasteiger partial charge in [0.1, 0.15) is 6.04 Å². The quantitative estimate of drug-likeness (QED) is 0.611. The number of benzene rings is 2. The van der Waals surface area contributed by atoms with Crippen molar-refractivity contribution in [2.24, 2.45) is 0 Å². The van der Waals surface area contributed by atoms with E-state index in [1.165, 1.54) is 18.2 Å². The third-order valence-corrected chi connectivity index (χ3v) is 5.63. The number of nitrogens with one attached hydrogen (secondary N) is 1. The lowest BCUT2D eigenvalue weighted by molar-refractivity contribution is -0.140. The summed E-state index contributed by atoms with van der Waals surface area (Å²) in [5.41, 5.74) is 1.82. The highest BCUT2D eigenvalue weighted by atomic mass is 16.4. The maximum atomic E-state index is 13.3. The molecule has 0 bridgehead atoms. The Balaban J connectivity index is 1.89. The molecule has 1 atom stereocenters. The van der Waals surface area contributed by atoms with Crippen molar-refractivity contribution in [3.8, 4) is 0 Å². The fourth-order valence-corrected chi connectivity index (χ4v) is 4.07. The zero-order chi connectivity index (χ0) is 21.5. The summed E-state index contributed by atoms with van der Waals surface area (Å²) in [5.74, 6) is -0.403. The highest BCUT2D eigenvalue weighted by Crippen LogP contribution is 2.25. The van der Waals surface area contributed by atoms with E-state index < -0.39 is 13.2 Å². The Kier molecular flexibility index (Phi) is 7.66. The van der Waals surface area contributed by atoms with E-state index >= 15 is 0 Å². The second-order valence-corrected chi connectivity index (χ2v) is 7.92. The zero-order valence-corrected chi connectivity index (χ0v) is 17.3. The van der Waals surface area contributed by atoms with Crippen LogP contribution in [0.3, 0.4) is 0 Å². The molecule has 0 aliphatic heterocycles. The smallest absolute Gasteiger partial charge is 0.423 e. The first-order valence-corrected chi connectivity index (χ1v) is 10.5. The predicted octanol–water partition coefficient (Wildman–Crippen LogP) is 1.91. The van der Waals surface area contributed by atoms with E-state index in [0.717, 1.165) is 36.8 Å². The van der Waals surface area contributed by atoms with Crippen LogP contribution in [0.4, 0.5) is 0 Å². The average Bonchev–Trinajstić information content (AvgIpc) is 2.75. The van der Waals surface area contributed by atoms with Gasteiger partial charge in [0.2, 0.25) is 11.8 Å². The number of hydrogen-bond acceptors (Lipinski definition) is 4. The predicted molar refractivity (Wildman–Crippen MR) is 117 cm³/mol. The van der Waals surface area contributed by atoms with Crippen molar-refractivity contribution in [2.45, 2.75) is 57.7 Å². The molecule has 0 saturated heterocycles. The Bertz CT molecular complexity index is 853. The molecule has 0 radical (unpaired) electrons. The lowest BCUT2D eigenvalue weighted by Crippen LogP contribution is -2.46. The monoisotopic (exact) mass is 408 g/mol. The van der Waals surface area contributed by atoms with Crippen molar-refractivity contribution in [3.63, 3.8) is 0 Å². The Labute approximate surface area is 178 Å². The van der Waals surface area contributed by atoms with Crippen molar-refractivity contribution >= 4 is 24.4 Å². The van der Waals surface area contributed by atoms with Crippen LogP contribution in [0.5, 0.6) is 0 Å². The minimum absolute atomic E-state index is 0.138. The van der Waals surface area contributed by atoms with Crippen molar-refractivity contribution in [1.29, 1.82) is 0 Å². The molecular weight excluding hydrogens is 379 g/mol. The van der Waals surface area contributed by atoms with Crippen molar-refractivity contribution in [3.05, 3.63) is 65.7 Å². The normalized spacial score (nSPS) is 15.3. The topological polar surface area (TPSA) is 89.9 Å². The van der Waals surface area contributed by atoms with E-state index in [0.29, 0.717) is 5.46 Å². The molecule has 0 aromatic heterocycles. The molecule has 1 aliphatic carbocycles. The first-order valence-electron chi connectivity index (χ1n) is 10.5. The van der Waals surface area contributed by atoms with E-state index in [1.54, 1.807) is 18.2 Å². The number of carbonyl (C=O) groups is 2. The van der Waals surface area contributed by atoms with Gasteiger partial charge >= 0.3 is 7.12 Å². The van der Waals surface area contributed by atoms with Gasteiger partial charge in [-0.2, -0.15) is 0 Å². The van der Waals surface area contributed by atoms with Crippen molar-refractivity contribution in [2.75, 3.05) is 0 Å². The summed E-state index contributed by atoms with van der Waals surface area (Å²) >= 11 is 0. The molecule has 7 heteroatoms.